The molecule has 0 aliphatic rings. The smallest absolute Gasteiger partial charge is 0.289 e. The average Bonchev–Trinajstić information content (AvgIpc) is 2.19. The predicted molar refractivity (Wildman–Crippen MR) is 51.1 cm³/mol. The van der Waals surface area contributed by atoms with Crippen LogP contribution in [0.3, 0.4) is 0 Å². The lowest BCUT2D eigenvalue weighted by Gasteiger charge is -2.01. The Morgan fingerprint density at radius 1 is 1.19 bits per heavy atom. The highest BCUT2D eigenvalue weighted by molar-refractivity contribution is 5.85. The van der Waals surface area contributed by atoms with E-state index in [4.69, 9.17) is 0 Å². The van der Waals surface area contributed by atoms with Gasteiger partial charge >= 0.3 is 6.18 Å². The van der Waals surface area contributed by atoms with Gasteiger partial charge in [-0.25, -0.2) is 4.39 Å². The van der Waals surface area contributed by atoms with E-state index in [1.165, 1.54) is 30.3 Å². The molecule has 0 heterocycles. The largest absolute Gasteiger partial charge is 0.450 e. The molecule has 1 rings (SSSR count). The lowest BCUT2D eigenvalue weighted by atomic mass is 10.2. The van der Waals surface area contributed by atoms with E-state index in [1.807, 2.05) is 0 Å². The first-order valence-corrected chi connectivity index (χ1v) is 4.42. The van der Waals surface area contributed by atoms with Gasteiger partial charge in [0.25, 0.3) is 0 Å². The van der Waals surface area contributed by atoms with E-state index in [1.54, 1.807) is 0 Å². The van der Waals surface area contributed by atoms with Crippen molar-refractivity contribution in [2.24, 2.45) is 0 Å². The summed E-state index contributed by atoms with van der Waals surface area (Å²) in [4.78, 5) is 10.5. The lowest BCUT2D eigenvalue weighted by molar-refractivity contribution is -0.170. The molecular weight excluding hydrogens is 224 g/mol. The van der Waals surface area contributed by atoms with Crippen molar-refractivity contribution in [2.75, 3.05) is 0 Å². The van der Waals surface area contributed by atoms with Gasteiger partial charge in [-0.3, -0.25) is 4.79 Å². The third-order valence-electron chi connectivity index (χ3n) is 1.80. The number of carbonyl (C=O) groups excluding carboxylic acids is 1. The maximum absolute atomic E-state index is 12.5. The van der Waals surface area contributed by atoms with Gasteiger partial charge in [-0.15, -0.1) is 0 Å². The van der Waals surface area contributed by atoms with Crippen molar-refractivity contribution < 1.29 is 22.4 Å². The molecule has 1 aromatic rings. The number of allylic oxidation sites excluding steroid dienone is 1. The molecular formula is C11H8F4O. The third kappa shape index (κ3) is 3.84. The van der Waals surface area contributed by atoms with E-state index >= 15 is 0 Å². The second-order valence-corrected chi connectivity index (χ2v) is 3.08. The van der Waals surface area contributed by atoms with Gasteiger partial charge in [0.15, 0.2) is 0 Å². The molecule has 0 radical (unpaired) electrons. The maximum Gasteiger partial charge on any atom is 0.450 e. The van der Waals surface area contributed by atoms with Gasteiger partial charge < -0.3 is 0 Å². The number of halogens is 4. The molecule has 0 aromatic heterocycles. The van der Waals surface area contributed by atoms with Gasteiger partial charge in [-0.2, -0.15) is 13.2 Å². The molecule has 0 fully saturated rings. The van der Waals surface area contributed by atoms with Crippen LogP contribution in [-0.4, -0.2) is 12.0 Å². The Balaban J connectivity index is 2.56. The standard InChI is InChI=1S/C11H8F4O/c12-9-6-4-8(5-7-9)2-1-3-10(16)11(13,14)15/h1-2,4-7H,3H2/b2-1+. The minimum Gasteiger partial charge on any atom is -0.289 e. The van der Waals surface area contributed by atoms with Crippen molar-refractivity contribution in [3.8, 4) is 0 Å². The molecule has 1 nitrogen and oxygen atoms in total. The highest BCUT2D eigenvalue weighted by Crippen LogP contribution is 2.18. The number of alkyl halides is 3. The fourth-order valence-corrected chi connectivity index (χ4v) is 0.992. The van der Waals surface area contributed by atoms with Crippen LogP contribution in [0.25, 0.3) is 6.08 Å². The summed E-state index contributed by atoms with van der Waals surface area (Å²) in [6.45, 7) is 0. The normalized spacial score (nSPS) is 12.0. The van der Waals surface area contributed by atoms with Crippen LogP contribution in [0.2, 0.25) is 0 Å². The highest BCUT2D eigenvalue weighted by Gasteiger charge is 2.36. The van der Waals surface area contributed by atoms with Crippen molar-refractivity contribution in [2.45, 2.75) is 12.6 Å². The van der Waals surface area contributed by atoms with Crippen LogP contribution in [0, 0.1) is 5.82 Å². The fraction of sp³-hybridized carbons (Fsp3) is 0.182. The molecule has 16 heavy (non-hydrogen) atoms. The van der Waals surface area contributed by atoms with Gasteiger partial charge in [0.1, 0.15) is 5.82 Å². The van der Waals surface area contributed by atoms with Crippen LogP contribution >= 0.6 is 0 Å². The zero-order valence-corrected chi connectivity index (χ0v) is 8.09. The number of hydrogen-bond donors (Lipinski definition) is 0. The second-order valence-electron chi connectivity index (χ2n) is 3.08. The van der Waals surface area contributed by atoms with E-state index in [0.717, 1.165) is 6.08 Å². The van der Waals surface area contributed by atoms with Gasteiger partial charge in [0.2, 0.25) is 5.78 Å². The molecule has 0 saturated heterocycles. The fourth-order valence-electron chi connectivity index (χ4n) is 0.992. The molecule has 0 atom stereocenters. The number of carbonyl (C=O) groups is 1. The zero-order chi connectivity index (χ0) is 12.2. The molecule has 0 N–H and O–H groups in total. The number of hydrogen-bond acceptors (Lipinski definition) is 1. The van der Waals surface area contributed by atoms with Crippen molar-refractivity contribution >= 4 is 11.9 Å². The third-order valence-corrected chi connectivity index (χ3v) is 1.80. The van der Waals surface area contributed by atoms with Crippen LogP contribution in [0.4, 0.5) is 17.6 Å². The Kier molecular flexibility index (Phi) is 3.82. The predicted octanol–water partition coefficient (Wildman–Crippen LogP) is 3.36. The van der Waals surface area contributed by atoms with E-state index in [9.17, 15) is 22.4 Å². The van der Waals surface area contributed by atoms with Crippen molar-refractivity contribution in [3.63, 3.8) is 0 Å². The van der Waals surface area contributed by atoms with Crippen LogP contribution in [0.1, 0.15) is 12.0 Å². The van der Waals surface area contributed by atoms with Gasteiger partial charge in [0, 0.05) is 6.42 Å². The Morgan fingerprint density at radius 3 is 2.25 bits per heavy atom. The lowest BCUT2D eigenvalue weighted by Crippen LogP contribution is -2.21. The number of benzene rings is 1. The van der Waals surface area contributed by atoms with Crippen molar-refractivity contribution in [1.29, 1.82) is 0 Å². The first-order chi connectivity index (χ1) is 7.39. The summed E-state index contributed by atoms with van der Waals surface area (Å²) in [6, 6.07) is 5.18. The van der Waals surface area contributed by atoms with Gasteiger partial charge in [0.05, 0.1) is 0 Å². The van der Waals surface area contributed by atoms with E-state index < -0.39 is 24.2 Å². The average molecular weight is 232 g/mol. The number of rotatable bonds is 3. The monoisotopic (exact) mass is 232 g/mol. The Bertz CT molecular complexity index is 389. The molecule has 1 aromatic carbocycles. The summed E-state index contributed by atoms with van der Waals surface area (Å²) in [7, 11) is 0. The summed E-state index contributed by atoms with van der Waals surface area (Å²) in [5, 5.41) is 0. The second kappa shape index (κ2) is 4.92. The first kappa shape index (κ1) is 12.4. The van der Waals surface area contributed by atoms with Crippen LogP contribution in [-0.2, 0) is 4.79 Å². The molecule has 0 aliphatic heterocycles. The SMILES string of the molecule is O=C(C/C=C/c1ccc(F)cc1)C(F)(F)F. The van der Waals surface area contributed by atoms with Gasteiger partial charge in [-0.1, -0.05) is 24.3 Å². The highest BCUT2D eigenvalue weighted by atomic mass is 19.4. The molecule has 0 amide bonds. The Hall–Kier alpha value is -1.65. The molecule has 0 bridgehead atoms. The minimum atomic E-state index is -4.80. The number of ketones is 1. The summed E-state index contributed by atoms with van der Waals surface area (Å²) in [6.07, 6.45) is -3.07. The van der Waals surface area contributed by atoms with Crippen LogP contribution < -0.4 is 0 Å². The summed E-state index contributed by atoms with van der Waals surface area (Å²) in [5.74, 6) is -2.23. The Labute approximate surface area is 89.4 Å². The number of Topliss-reactive ketones (excluding diaryl/α,β-unsaturated/α-hetero) is 1. The summed E-state index contributed by atoms with van der Waals surface area (Å²) in [5.41, 5.74) is 0.538. The van der Waals surface area contributed by atoms with Crippen LogP contribution in [0.5, 0.6) is 0 Å². The topological polar surface area (TPSA) is 17.1 Å². The first-order valence-electron chi connectivity index (χ1n) is 4.42. The Morgan fingerprint density at radius 2 is 1.75 bits per heavy atom. The van der Waals surface area contributed by atoms with Crippen LogP contribution in [0.15, 0.2) is 30.3 Å². The molecule has 0 spiro atoms. The van der Waals surface area contributed by atoms with E-state index in [-0.39, 0.29) is 0 Å². The zero-order valence-electron chi connectivity index (χ0n) is 8.09. The van der Waals surface area contributed by atoms with Gasteiger partial charge in [-0.05, 0) is 17.7 Å². The van der Waals surface area contributed by atoms with E-state index in [0.29, 0.717) is 5.56 Å². The molecule has 0 saturated carbocycles. The summed E-state index contributed by atoms with van der Waals surface area (Å²) >= 11 is 0. The van der Waals surface area contributed by atoms with Crippen molar-refractivity contribution in [3.05, 3.63) is 41.7 Å². The summed E-state index contributed by atoms with van der Waals surface area (Å²) < 4.78 is 47.9. The minimum absolute atomic E-state index is 0.427. The molecule has 0 aliphatic carbocycles. The van der Waals surface area contributed by atoms with Crippen molar-refractivity contribution in [1.82, 2.24) is 0 Å². The molecule has 5 heteroatoms. The molecule has 86 valence electrons. The quantitative estimate of drug-likeness (QED) is 0.730. The molecule has 0 unspecified atom stereocenters. The maximum atomic E-state index is 12.5. The van der Waals surface area contributed by atoms with E-state index in [2.05, 4.69) is 0 Å².